The molecule has 1 fully saturated rings. The Balaban J connectivity index is 0.00000243. The molecule has 2 heterocycles. The van der Waals surface area contributed by atoms with Gasteiger partial charge in [0.15, 0.2) is 5.69 Å². The summed E-state index contributed by atoms with van der Waals surface area (Å²) < 4.78 is 11.8. The first-order valence-electron chi connectivity index (χ1n) is 8.30. The van der Waals surface area contributed by atoms with E-state index in [1.54, 1.807) is 11.8 Å². The molecule has 1 aromatic heterocycles. The Labute approximate surface area is 159 Å². The Morgan fingerprint density at radius 2 is 1.85 bits per heavy atom. The zero-order chi connectivity index (χ0) is 17.6. The highest BCUT2D eigenvalue weighted by Crippen LogP contribution is 2.28. The first-order valence-corrected chi connectivity index (χ1v) is 8.30. The molecule has 1 aliphatic rings. The molecule has 0 bridgehead atoms. The van der Waals surface area contributed by atoms with Crippen molar-refractivity contribution in [3.05, 3.63) is 36.2 Å². The van der Waals surface area contributed by atoms with Gasteiger partial charge in [-0.15, -0.1) is 17.5 Å². The second kappa shape index (κ2) is 9.40. The molecule has 0 aliphatic carbocycles. The number of rotatable bonds is 6. The number of ether oxygens (including phenoxy) is 2. The van der Waals surface area contributed by atoms with Crippen molar-refractivity contribution in [2.45, 2.75) is 6.54 Å². The van der Waals surface area contributed by atoms with Crippen LogP contribution in [0.4, 0.5) is 5.69 Å². The van der Waals surface area contributed by atoms with Crippen LogP contribution in [0.2, 0.25) is 0 Å². The predicted molar refractivity (Wildman–Crippen MR) is 100 cm³/mol. The zero-order valence-electron chi connectivity index (χ0n) is 15.0. The first kappa shape index (κ1) is 20.0. The second-order valence-electron chi connectivity index (χ2n) is 5.83. The van der Waals surface area contributed by atoms with Crippen molar-refractivity contribution in [1.82, 2.24) is 19.9 Å². The average Bonchev–Trinajstić information content (AvgIpc) is 3.14. The van der Waals surface area contributed by atoms with Crippen molar-refractivity contribution in [2.75, 3.05) is 51.8 Å². The minimum Gasteiger partial charge on any atom is -0.495 e. The van der Waals surface area contributed by atoms with Crippen molar-refractivity contribution < 1.29 is 14.3 Å². The molecule has 2 aromatic rings. The highest BCUT2D eigenvalue weighted by molar-refractivity contribution is 5.86. The van der Waals surface area contributed by atoms with Gasteiger partial charge in [0, 0.05) is 32.7 Å². The predicted octanol–water partition coefficient (Wildman–Crippen LogP) is 1.32. The van der Waals surface area contributed by atoms with Crippen LogP contribution in [0.25, 0.3) is 0 Å². The van der Waals surface area contributed by atoms with Crippen molar-refractivity contribution in [3.63, 3.8) is 0 Å². The van der Waals surface area contributed by atoms with Gasteiger partial charge in [-0.1, -0.05) is 17.3 Å². The summed E-state index contributed by atoms with van der Waals surface area (Å²) in [6, 6.07) is 8.09. The smallest absolute Gasteiger partial charge is 0.358 e. The lowest BCUT2D eigenvalue weighted by molar-refractivity contribution is 0.0585. The summed E-state index contributed by atoms with van der Waals surface area (Å²) in [6.07, 6.45) is 1.44. The highest BCUT2D eigenvalue weighted by Gasteiger charge is 2.20. The van der Waals surface area contributed by atoms with Crippen LogP contribution in [0.5, 0.6) is 5.75 Å². The van der Waals surface area contributed by atoms with Crippen LogP contribution < -0.4 is 9.64 Å². The molecule has 142 valence electrons. The Hall–Kier alpha value is -2.32. The quantitative estimate of drug-likeness (QED) is 0.698. The Kier molecular flexibility index (Phi) is 7.23. The minimum atomic E-state index is -0.411. The van der Waals surface area contributed by atoms with Gasteiger partial charge in [-0.2, -0.15) is 0 Å². The third kappa shape index (κ3) is 4.44. The van der Waals surface area contributed by atoms with Gasteiger partial charge < -0.3 is 14.4 Å². The monoisotopic (exact) mass is 381 g/mol. The second-order valence-corrected chi connectivity index (χ2v) is 5.83. The van der Waals surface area contributed by atoms with E-state index in [0.717, 1.165) is 44.2 Å². The molecule has 1 saturated heterocycles. The normalized spacial score (nSPS) is 14.6. The number of aromatic nitrogens is 3. The van der Waals surface area contributed by atoms with Gasteiger partial charge in [0.1, 0.15) is 5.75 Å². The molecule has 9 heteroatoms. The van der Waals surface area contributed by atoms with Gasteiger partial charge in [0.2, 0.25) is 0 Å². The summed E-state index contributed by atoms with van der Waals surface area (Å²) in [4.78, 5) is 16.3. The molecule has 1 aromatic carbocycles. The van der Waals surface area contributed by atoms with E-state index in [9.17, 15) is 4.79 Å². The molecule has 26 heavy (non-hydrogen) atoms. The van der Waals surface area contributed by atoms with Crippen molar-refractivity contribution in [3.8, 4) is 5.75 Å². The lowest BCUT2D eigenvalue weighted by Crippen LogP contribution is -2.47. The minimum absolute atomic E-state index is 0. The molecule has 0 N–H and O–H groups in total. The fraction of sp³-hybridized carbons (Fsp3) is 0.471. The SMILES string of the molecule is COC(=O)c1cnnn1CCN1CCN(c2ccccc2OC)CC1.Cl. The Bertz CT molecular complexity index is 716. The summed E-state index contributed by atoms with van der Waals surface area (Å²) in [5, 5.41) is 7.76. The van der Waals surface area contributed by atoms with Crippen molar-refractivity contribution in [1.29, 1.82) is 0 Å². The molecular weight excluding hydrogens is 358 g/mol. The van der Waals surface area contributed by atoms with Gasteiger partial charge in [0.05, 0.1) is 32.6 Å². The molecule has 0 spiro atoms. The summed E-state index contributed by atoms with van der Waals surface area (Å²) in [5.74, 6) is 0.493. The maximum absolute atomic E-state index is 11.7. The number of hydrogen-bond donors (Lipinski definition) is 0. The topological polar surface area (TPSA) is 72.7 Å². The standard InChI is InChI=1S/C17H23N5O3.ClH/c1-24-16-6-4-3-5-14(16)21-10-7-20(8-11-21)9-12-22-15(13-18-19-22)17(23)25-2;/h3-6,13H,7-12H2,1-2H3;1H. The van der Waals surface area contributed by atoms with Crippen molar-refractivity contribution >= 4 is 24.1 Å². The van der Waals surface area contributed by atoms with Gasteiger partial charge in [0.25, 0.3) is 0 Å². The number of hydrogen-bond acceptors (Lipinski definition) is 7. The first-order chi connectivity index (χ1) is 12.2. The number of carbonyl (C=O) groups excluding carboxylic acids is 1. The number of carbonyl (C=O) groups is 1. The van der Waals surface area contributed by atoms with E-state index in [0.29, 0.717) is 12.2 Å². The summed E-state index contributed by atoms with van der Waals surface area (Å²) in [6.45, 7) is 5.18. The number of piperazine rings is 1. The maximum atomic E-state index is 11.7. The fourth-order valence-electron chi connectivity index (χ4n) is 3.03. The summed E-state index contributed by atoms with van der Waals surface area (Å²) in [7, 11) is 3.06. The number of halogens is 1. The number of esters is 1. The molecule has 0 radical (unpaired) electrons. The Morgan fingerprint density at radius 3 is 2.54 bits per heavy atom. The van der Waals surface area contributed by atoms with E-state index in [4.69, 9.17) is 9.47 Å². The molecule has 0 unspecified atom stereocenters. The molecule has 0 saturated carbocycles. The third-order valence-corrected chi connectivity index (χ3v) is 4.44. The van der Waals surface area contributed by atoms with Gasteiger partial charge in [-0.05, 0) is 12.1 Å². The third-order valence-electron chi connectivity index (χ3n) is 4.44. The van der Waals surface area contributed by atoms with Crippen LogP contribution in [0.1, 0.15) is 10.5 Å². The molecule has 0 amide bonds. The molecule has 3 rings (SSSR count). The summed E-state index contributed by atoms with van der Waals surface area (Å²) >= 11 is 0. The van der Waals surface area contributed by atoms with Crippen LogP contribution >= 0.6 is 12.4 Å². The molecule has 8 nitrogen and oxygen atoms in total. The zero-order valence-corrected chi connectivity index (χ0v) is 15.8. The summed E-state index contributed by atoms with van der Waals surface area (Å²) in [5.41, 5.74) is 1.52. The average molecular weight is 382 g/mol. The fourth-order valence-corrected chi connectivity index (χ4v) is 3.03. The van der Waals surface area contributed by atoms with E-state index in [-0.39, 0.29) is 12.4 Å². The van der Waals surface area contributed by atoms with Crippen molar-refractivity contribution in [2.24, 2.45) is 0 Å². The number of anilines is 1. The number of para-hydroxylation sites is 2. The largest absolute Gasteiger partial charge is 0.495 e. The van der Waals surface area contributed by atoms with Crippen LogP contribution in [-0.2, 0) is 11.3 Å². The van der Waals surface area contributed by atoms with Crippen LogP contribution in [0.3, 0.4) is 0 Å². The highest BCUT2D eigenvalue weighted by atomic mass is 35.5. The van der Waals surface area contributed by atoms with Gasteiger partial charge in [-0.3, -0.25) is 4.90 Å². The van der Waals surface area contributed by atoms with E-state index in [1.807, 2.05) is 18.2 Å². The van der Waals surface area contributed by atoms with E-state index in [2.05, 4.69) is 26.2 Å². The Morgan fingerprint density at radius 1 is 1.12 bits per heavy atom. The van der Waals surface area contributed by atoms with E-state index < -0.39 is 5.97 Å². The number of methoxy groups -OCH3 is 2. The molecule has 0 atom stereocenters. The molecule has 1 aliphatic heterocycles. The van der Waals surface area contributed by atoms with Crippen LogP contribution in [0, 0.1) is 0 Å². The lowest BCUT2D eigenvalue weighted by Gasteiger charge is -2.36. The molecular formula is C17H24ClN5O3. The number of benzene rings is 1. The van der Waals surface area contributed by atoms with Gasteiger partial charge in [-0.25, -0.2) is 9.48 Å². The van der Waals surface area contributed by atoms with E-state index >= 15 is 0 Å². The van der Waals surface area contributed by atoms with Crippen LogP contribution in [-0.4, -0.2) is 72.8 Å². The van der Waals surface area contributed by atoms with E-state index in [1.165, 1.54) is 13.3 Å². The number of nitrogens with zero attached hydrogens (tertiary/aromatic N) is 5. The maximum Gasteiger partial charge on any atom is 0.358 e. The van der Waals surface area contributed by atoms with Crippen LogP contribution in [0.15, 0.2) is 30.5 Å². The van der Waals surface area contributed by atoms with Gasteiger partial charge >= 0.3 is 5.97 Å². The lowest BCUT2D eigenvalue weighted by atomic mass is 10.2.